The lowest BCUT2D eigenvalue weighted by atomic mass is 9.94. The van der Waals surface area contributed by atoms with Crippen molar-refractivity contribution < 1.29 is 27.4 Å². The summed E-state index contributed by atoms with van der Waals surface area (Å²) in [7, 11) is 0. The molecule has 0 saturated carbocycles. The van der Waals surface area contributed by atoms with Gasteiger partial charge in [-0.25, -0.2) is 28.1 Å². The number of ether oxygens (including phenoxy) is 2. The highest BCUT2D eigenvalue weighted by molar-refractivity contribution is 6.02. The van der Waals surface area contributed by atoms with Gasteiger partial charge in [0.15, 0.2) is 13.2 Å². The molecule has 1 heterocycles. The largest absolute Gasteiger partial charge is 0.463 e. The second kappa shape index (κ2) is 10.7. The van der Waals surface area contributed by atoms with Gasteiger partial charge in [0.25, 0.3) is 17.9 Å². The minimum absolute atomic E-state index is 0.00483. The van der Waals surface area contributed by atoms with Crippen LogP contribution in [0.5, 0.6) is 5.88 Å². The number of benzene rings is 1. The van der Waals surface area contributed by atoms with Gasteiger partial charge >= 0.3 is 0 Å². The predicted octanol–water partition coefficient (Wildman–Crippen LogP) is 3.49. The van der Waals surface area contributed by atoms with Crippen LogP contribution in [-0.4, -0.2) is 41.0 Å². The number of hydrogen-bond acceptors (Lipinski definition) is 6. The van der Waals surface area contributed by atoms with Gasteiger partial charge in [-0.15, -0.1) is 5.92 Å². The Kier molecular flexibility index (Phi) is 8.23. The number of hydrogen-bond donors (Lipinski definition) is 2. The molecular weight excluding hydrogens is 439 g/mol. The first-order valence-electron chi connectivity index (χ1n) is 9.73. The first kappa shape index (κ1) is 25.5. The summed E-state index contributed by atoms with van der Waals surface area (Å²) in [5.74, 6) is 1.26. The molecule has 11 heteroatoms. The number of aliphatic imine (C=N–C) groups is 1. The van der Waals surface area contributed by atoms with Crippen molar-refractivity contribution >= 4 is 17.6 Å². The van der Waals surface area contributed by atoms with Crippen molar-refractivity contribution in [2.24, 2.45) is 10.7 Å². The van der Waals surface area contributed by atoms with Crippen molar-refractivity contribution in [3.8, 4) is 17.7 Å². The molecule has 33 heavy (non-hydrogen) atoms. The lowest BCUT2D eigenvalue weighted by molar-refractivity contribution is -0.0279. The molecular formula is C22H24F3N5O3. The molecule has 1 amide bonds. The summed E-state index contributed by atoms with van der Waals surface area (Å²) in [6, 6.07) is 3.32. The molecule has 0 aliphatic rings. The van der Waals surface area contributed by atoms with Gasteiger partial charge in [-0.05, 0) is 39.0 Å². The Morgan fingerprint density at radius 3 is 2.58 bits per heavy atom. The van der Waals surface area contributed by atoms with Gasteiger partial charge in [0.2, 0.25) is 5.88 Å². The van der Waals surface area contributed by atoms with E-state index in [1.54, 1.807) is 6.92 Å². The Morgan fingerprint density at radius 2 is 1.97 bits per heavy atom. The molecule has 0 bridgehead atoms. The van der Waals surface area contributed by atoms with E-state index in [1.807, 2.05) is 0 Å². The lowest BCUT2D eigenvalue weighted by Crippen LogP contribution is -2.29. The van der Waals surface area contributed by atoms with Crippen molar-refractivity contribution in [2.45, 2.75) is 39.2 Å². The Bertz CT molecular complexity index is 1070. The molecule has 1 aromatic heterocycles. The zero-order chi connectivity index (χ0) is 24.6. The molecule has 0 aliphatic carbocycles. The van der Waals surface area contributed by atoms with E-state index >= 15 is 0 Å². The van der Waals surface area contributed by atoms with Crippen molar-refractivity contribution in [1.82, 2.24) is 9.97 Å². The van der Waals surface area contributed by atoms with Crippen LogP contribution in [0, 0.1) is 17.7 Å². The smallest absolute Gasteiger partial charge is 0.282 e. The molecule has 176 valence electrons. The number of alkyl halides is 2. The Balaban J connectivity index is 2.15. The molecule has 0 spiro atoms. The van der Waals surface area contributed by atoms with E-state index in [1.165, 1.54) is 38.4 Å². The highest BCUT2D eigenvalue weighted by Gasteiger charge is 2.27. The van der Waals surface area contributed by atoms with E-state index in [2.05, 4.69) is 32.1 Å². The highest BCUT2D eigenvalue weighted by Crippen LogP contribution is 2.30. The van der Waals surface area contributed by atoms with E-state index in [0.29, 0.717) is 6.92 Å². The summed E-state index contributed by atoms with van der Waals surface area (Å²) in [4.78, 5) is 24.4. The quantitative estimate of drug-likeness (QED) is 0.352. The maximum Gasteiger partial charge on any atom is 0.282 e. The zero-order valence-electron chi connectivity index (χ0n) is 18.6. The molecule has 0 saturated heterocycles. The number of amides is 1. The van der Waals surface area contributed by atoms with Gasteiger partial charge in [0, 0.05) is 18.2 Å². The third-order valence-corrected chi connectivity index (χ3v) is 4.08. The third-order valence-electron chi connectivity index (χ3n) is 4.08. The first-order chi connectivity index (χ1) is 15.4. The number of amidine groups is 1. The molecule has 2 rings (SSSR count). The Morgan fingerprint density at radius 1 is 1.24 bits per heavy atom. The minimum Gasteiger partial charge on any atom is -0.463 e. The van der Waals surface area contributed by atoms with Gasteiger partial charge in [-0.1, -0.05) is 5.92 Å². The summed E-state index contributed by atoms with van der Waals surface area (Å²) in [5, 5.41) is 2.59. The summed E-state index contributed by atoms with van der Waals surface area (Å²) < 4.78 is 50.4. The Labute approximate surface area is 189 Å². The maximum atomic E-state index is 14.5. The molecule has 0 atom stereocenters. The summed E-state index contributed by atoms with van der Waals surface area (Å²) in [6.45, 7) is 4.56. The van der Waals surface area contributed by atoms with Crippen molar-refractivity contribution in [1.29, 1.82) is 0 Å². The number of rotatable bonds is 8. The molecule has 0 unspecified atom stereocenters. The number of nitrogens with zero attached hydrogens (tertiary/aromatic N) is 3. The minimum atomic E-state index is -3.10. The van der Waals surface area contributed by atoms with Gasteiger partial charge in [-0.3, -0.25) is 4.79 Å². The normalized spacial score (nSPS) is 11.9. The van der Waals surface area contributed by atoms with Crippen LogP contribution in [0.3, 0.4) is 0 Å². The van der Waals surface area contributed by atoms with Crippen molar-refractivity contribution in [3.05, 3.63) is 47.7 Å². The van der Waals surface area contributed by atoms with Gasteiger partial charge in [0.1, 0.15) is 11.5 Å². The fourth-order valence-electron chi connectivity index (χ4n) is 2.53. The monoisotopic (exact) mass is 463 g/mol. The van der Waals surface area contributed by atoms with Crippen LogP contribution in [0.2, 0.25) is 0 Å². The van der Waals surface area contributed by atoms with E-state index in [0.717, 1.165) is 6.07 Å². The van der Waals surface area contributed by atoms with E-state index in [-0.39, 0.29) is 29.4 Å². The second-order valence-electron chi connectivity index (χ2n) is 7.47. The van der Waals surface area contributed by atoms with Gasteiger partial charge in [0.05, 0.1) is 17.9 Å². The first-order valence-corrected chi connectivity index (χ1v) is 9.73. The molecule has 0 aliphatic heterocycles. The average molecular weight is 463 g/mol. The summed E-state index contributed by atoms with van der Waals surface area (Å²) in [6.07, 6.45) is 2.51. The van der Waals surface area contributed by atoms with E-state index in [9.17, 15) is 18.0 Å². The number of nitrogens with one attached hydrogen (secondary N) is 1. The molecule has 8 nitrogen and oxygen atoms in total. The van der Waals surface area contributed by atoms with E-state index < -0.39 is 35.8 Å². The number of anilines is 1. The van der Waals surface area contributed by atoms with Crippen LogP contribution < -0.4 is 15.8 Å². The van der Waals surface area contributed by atoms with Crippen LogP contribution in [-0.2, 0) is 10.3 Å². The number of halogens is 3. The zero-order valence-corrected chi connectivity index (χ0v) is 18.6. The van der Waals surface area contributed by atoms with Crippen molar-refractivity contribution in [3.63, 3.8) is 0 Å². The second-order valence-corrected chi connectivity index (χ2v) is 7.47. The number of aromatic nitrogens is 2. The molecule has 2 aromatic rings. The van der Waals surface area contributed by atoms with Crippen LogP contribution in [0.15, 0.2) is 35.6 Å². The fraction of sp³-hybridized carbons (Fsp3) is 0.364. The Hall–Kier alpha value is -3.81. The highest BCUT2D eigenvalue weighted by atomic mass is 19.3. The maximum absolute atomic E-state index is 14.5. The predicted molar refractivity (Wildman–Crippen MR) is 117 cm³/mol. The SMILES string of the molecule is CC#CCOc1cnc(C(=O)Nc2ccc(F)c(C(C)(C)N=C(N)OCC(C)(F)F)c2)cn1. The molecule has 3 N–H and O–H groups in total. The van der Waals surface area contributed by atoms with E-state index in [4.69, 9.17) is 15.2 Å². The number of carbonyl (C=O) groups excluding carboxylic acids is 1. The lowest BCUT2D eigenvalue weighted by Gasteiger charge is -2.23. The van der Waals surface area contributed by atoms with Crippen LogP contribution in [0.1, 0.15) is 43.7 Å². The van der Waals surface area contributed by atoms with Crippen LogP contribution in [0.4, 0.5) is 18.9 Å². The standard InChI is InChI=1S/C22H24F3N5O3/c1-5-6-9-32-18-12-27-17(11-28-18)19(31)29-14-7-8-16(23)15(10-14)21(2,3)30-20(26)33-13-22(4,24)25/h7-8,10-12H,9,13H2,1-4H3,(H2,26,30)(H,29,31). The number of carbonyl (C=O) groups is 1. The van der Waals surface area contributed by atoms with Gasteiger partial charge in [-0.2, -0.15) is 0 Å². The average Bonchev–Trinajstić information content (AvgIpc) is 2.73. The number of nitrogens with two attached hydrogens (primary N) is 1. The van der Waals surface area contributed by atoms with Gasteiger partial charge < -0.3 is 20.5 Å². The van der Waals surface area contributed by atoms with Crippen molar-refractivity contribution in [2.75, 3.05) is 18.5 Å². The summed E-state index contributed by atoms with van der Waals surface area (Å²) >= 11 is 0. The van der Waals surface area contributed by atoms with Crippen LogP contribution in [0.25, 0.3) is 0 Å². The fourth-order valence-corrected chi connectivity index (χ4v) is 2.53. The molecule has 1 aromatic carbocycles. The molecule has 0 radical (unpaired) electrons. The summed E-state index contributed by atoms with van der Waals surface area (Å²) in [5.41, 5.74) is 4.60. The molecule has 0 fully saturated rings. The topological polar surface area (TPSA) is 112 Å². The third kappa shape index (κ3) is 7.99. The van der Waals surface area contributed by atoms with Crippen LogP contribution >= 0.6 is 0 Å².